The van der Waals surface area contributed by atoms with Gasteiger partial charge in [0.25, 0.3) is 0 Å². The molecule has 0 aromatic carbocycles. The summed E-state index contributed by atoms with van der Waals surface area (Å²) in [6.07, 6.45) is -2.42. The first-order valence-electron chi connectivity index (χ1n) is 4.87. The fourth-order valence-corrected chi connectivity index (χ4v) is 1.18. The second-order valence-electron chi connectivity index (χ2n) is 3.16. The molecule has 0 atom stereocenters. The Morgan fingerprint density at radius 1 is 1.29 bits per heavy atom. The third-order valence-corrected chi connectivity index (χ3v) is 1.97. The third kappa shape index (κ3) is 6.33. The van der Waals surface area contributed by atoms with Gasteiger partial charge in [0.05, 0.1) is 13.2 Å². The van der Waals surface area contributed by atoms with Crippen LogP contribution in [0.3, 0.4) is 0 Å². The molecule has 0 aliphatic heterocycles. The number of aromatic nitrogens is 1. The maximum Gasteiger partial charge on any atom is 0.411 e. The standard InChI is InChI=1S/C10H11ClF3NO2/c11-9-8(3-1-4-15-9)17-6-2-5-16-7-10(12,13)14/h1,3-4H,2,5-7H2. The summed E-state index contributed by atoms with van der Waals surface area (Å²) in [5.41, 5.74) is 0. The minimum absolute atomic E-state index is 0.0165. The van der Waals surface area contributed by atoms with E-state index in [1.807, 2.05) is 0 Å². The van der Waals surface area contributed by atoms with Crippen molar-refractivity contribution < 1.29 is 22.6 Å². The molecule has 0 fully saturated rings. The SMILES string of the molecule is FC(F)(F)COCCCOc1cccnc1Cl. The Hall–Kier alpha value is -1.01. The van der Waals surface area contributed by atoms with Crippen LogP contribution in [0.5, 0.6) is 5.75 Å². The molecule has 17 heavy (non-hydrogen) atoms. The Labute approximate surface area is 102 Å². The first kappa shape index (κ1) is 14.1. The van der Waals surface area contributed by atoms with Crippen LogP contribution < -0.4 is 4.74 Å². The van der Waals surface area contributed by atoms with Crippen LogP contribution in [0.1, 0.15) is 6.42 Å². The van der Waals surface area contributed by atoms with E-state index in [2.05, 4.69) is 9.72 Å². The predicted molar refractivity (Wildman–Crippen MR) is 56.2 cm³/mol. The summed E-state index contributed by atoms with van der Waals surface area (Å²) >= 11 is 5.71. The Balaban J connectivity index is 2.11. The Bertz CT molecular complexity index is 347. The number of ether oxygens (including phenoxy) is 2. The molecule has 1 aromatic rings. The van der Waals surface area contributed by atoms with Gasteiger partial charge in [-0.1, -0.05) is 11.6 Å². The first-order chi connectivity index (χ1) is 7.99. The van der Waals surface area contributed by atoms with Gasteiger partial charge in [-0.2, -0.15) is 13.2 Å². The lowest BCUT2D eigenvalue weighted by molar-refractivity contribution is -0.174. The van der Waals surface area contributed by atoms with Crippen LogP contribution in [-0.2, 0) is 4.74 Å². The number of nitrogens with zero attached hydrogens (tertiary/aromatic N) is 1. The van der Waals surface area contributed by atoms with Crippen molar-refractivity contribution >= 4 is 11.6 Å². The highest BCUT2D eigenvalue weighted by Gasteiger charge is 2.27. The van der Waals surface area contributed by atoms with Gasteiger partial charge in [0, 0.05) is 12.6 Å². The summed E-state index contributed by atoms with van der Waals surface area (Å²) in [7, 11) is 0. The summed E-state index contributed by atoms with van der Waals surface area (Å²) in [4.78, 5) is 3.79. The van der Waals surface area contributed by atoms with Crippen molar-refractivity contribution in [3.63, 3.8) is 0 Å². The van der Waals surface area contributed by atoms with Gasteiger partial charge in [-0.05, 0) is 12.1 Å². The van der Waals surface area contributed by atoms with Crippen LogP contribution in [0, 0.1) is 0 Å². The maximum absolute atomic E-state index is 11.7. The van der Waals surface area contributed by atoms with Gasteiger partial charge in [-0.15, -0.1) is 0 Å². The lowest BCUT2D eigenvalue weighted by Crippen LogP contribution is -2.18. The molecule has 0 aliphatic carbocycles. The van der Waals surface area contributed by atoms with E-state index in [1.165, 1.54) is 6.20 Å². The van der Waals surface area contributed by atoms with Crippen molar-refractivity contribution in [3.8, 4) is 5.75 Å². The third-order valence-electron chi connectivity index (χ3n) is 1.68. The van der Waals surface area contributed by atoms with Crippen molar-refractivity contribution in [2.45, 2.75) is 12.6 Å². The van der Waals surface area contributed by atoms with E-state index >= 15 is 0 Å². The monoisotopic (exact) mass is 269 g/mol. The number of alkyl halides is 3. The molecule has 0 saturated carbocycles. The molecule has 3 nitrogen and oxygen atoms in total. The summed E-state index contributed by atoms with van der Waals surface area (Å²) in [6, 6.07) is 3.28. The van der Waals surface area contributed by atoms with E-state index in [0.717, 1.165) is 0 Å². The molecule has 0 N–H and O–H groups in total. The van der Waals surface area contributed by atoms with Crippen molar-refractivity contribution in [2.24, 2.45) is 0 Å². The van der Waals surface area contributed by atoms with Gasteiger partial charge in [-0.3, -0.25) is 0 Å². The number of hydrogen-bond acceptors (Lipinski definition) is 3. The maximum atomic E-state index is 11.7. The average molecular weight is 270 g/mol. The molecule has 1 rings (SSSR count). The van der Waals surface area contributed by atoms with Crippen LogP contribution >= 0.6 is 11.6 Å². The normalized spacial score (nSPS) is 11.5. The van der Waals surface area contributed by atoms with Crippen molar-refractivity contribution in [1.29, 1.82) is 0 Å². The van der Waals surface area contributed by atoms with Crippen LogP contribution in [0.25, 0.3) is 0 Å². The van der Waals surface area contributed by atoms with E-state index < -0.39 is 12.8 Å². The van der Waals surface area contributed by atoms with E-state index in [0.29, 0.717) is 12.2 Å². The summed E-state index contributed by atoms with van der Waals surface area (Å²) < 4.78 is 44.7. The molecular formula is C10H11ClF3NO2. The van der Waals surface area contributed by atoms with Crippen LogP contribution in [0.4, 0.5) is 13.2 Å². The predicted octanol–water partition coefficient (Wildman–Crippen LogP) is 3.08. The Morgan fingerprint density at radius 2 is 2.06 bits per heavy atom. The van der Waals surface area contributed by atoms with Crippen molar-refractivity contribution in [2.75, 3.05) is 19.8 Å². The summed E-state index contributed by atoms with van der Waals surface area (Å²) in [5, 5.41) is 0.226. The van der Waals surface area contributed by atoms with E-state index in [-0.39, 0.29) is 18.4 Å². The van der Waals surface area contributed by atoms with Crippen molar-refractivity contribution in [3.05, 3.63) is 23.5 Å². The van der Waals surface area contributed by atoms with Gasteiger partial charge < -0.3 is 9.47 Å². The molecule has 0 unspecified atom stereocenters. The van der Waals surface area contributed by atoms with Crippen LogP contribution in [0.2, 0.25) is 5.15 Å². The Kier molecular flexibility index (Phi) is 5.50. The molecule has 0 aliphatic rings. The van der Waals surface area contributed by atoms with Gasteiger partial charge in [0.1, 0.15) is 6.61 Å². The zero-order chi connectivity index (χ0) is 12.7. The number of hydrogen-bond donors (Lipinski definition) is 0. The second-order valence-corrected chi connectivity index (χ2v) is 3.52. The highest BCUT2D eigenvalue weighted by atomic mass is 35.5. The Morgan fingerprint density at radius 3 is 2.71 bits per heavy atom. The molecule has 96 valence electrons. The van der Waals surface area contributed by atoms with Gasteiger partial charge in [-0.25, -0.2) is 4.98 Å². The quantitative estimate of drug-likeness (QED) is 0.587. The molecule has 0 radical (unpaired) electrons. The zero-order valence-electron chi connectivity index (χ0n) is 8.84. The lowest BCUT2D eigenvalue weighted by atomic mass is 10.4. The minimum atomic E-state index is -4.28. The average Bonchev–Trinajstić information content (AvgIpc) is 2.24. The first-order valence-corrected chi connectivity index (χ1v) is 5.24. The summed E-state index contributed by atoms with van der Waals surface area (Å²) in [5.74, 6) is 0.407. The van der Waals surface area contributed by atoms with E-state index in [4.69, 9.17) is 16.3 Å². The minimum Gasteiger partial charge on any atom is -0.490 e. The highest BCUT2D eigenvalue weighted by Crippen LogP contribution is 2.20. The highest BCUT2D eigenvalue weighted by molar-refractivity contribution is 6.30. The smallest absolute Gasteiger partial charge is 0.411 e. The molecule has 0 spiro atoms. The number of halogens is 4. The largest absolute Gasteiger partial charge is 0.490 e. The van der Waals surface area contributed by atoms with Crippen LogP contribution in [0.15, 0.2) is 18.3 Å². The number of pyridine rings is 1. The molecule has 0 bridgehead atoms. The molecule has 1 heterocycles. The second kappa shape index (κ2) is 6.66. The topological polar surface area (TPSA) is 31.4 Å². The zero-order valence-corrected chi connectivity index (χ0v) is 9.59. The molecular weight excluding hydrogens is 259 g/mol. The van der Waals surface area contributed by atoms with Gasteiger partial charge >= 0.3 is 6.18 Å². The molecule has 0 saturated heterocycles. The van der Waals surface area contributed by atoms with E-state index in [9.17, 15) is 13.2 Å². The lowest BCUT2D eigenvalue weighted by Gasteiger charge is -2.09. The summed E-state index contributed by atoms with van der Waals surface area (Å²) in [6.45, 7) is -1.03. The fraction of sp³-hybridized carbons (Fsp3) is 0.500. The van der Waals surface area contributed by atoms with Gasteiger partial charge in [0.2, 0.25) is 0 Å². The van der Waals surface area contributed by atoms with Crippen LogP contribution in [-0.4, -0.2) is 31.0 Å². The molecule has 1 aromatic heterocycles. The van der Waals surface area contributed by atoms with Crippen molar-refractivity contribution in [1.82, 2.24) is 4.98 Å². The fourth-order valence-electron chi connectivity index (χ4n) is 1.01. The van der Waals surface area contributed by atoms with Gasteiger partial charge in [0.15, 0.2) is 10.9 Å². The molecule has 7 heteroatoms. The van der Waals surface area contributed by atoms with E-state index in [1.54, 1.807) is 12.1 Å². The number of rotatable bonds is 6. The molecule has 0 amide bonds.